The molecule has 1 aliphatic heterocycles. The highest BCUT2D eigenvalue weighted by molar-refractivity contribution is 14.1. The van der Waals surface area contributed by atoms with E-state index in [-0.39, 0.29) is 11.1 Å². The molecule has 0 bridgehead atoms. The van der Waals surface area contributed by atoms with Gasteiger partial charge in [0.2, 0.25) is 5.72 Å². The van der Waals surface area contributed by atoms with Crippen LogP contribution in [0.25, 0.3) is 0 Å². The Morgan fingerprint density at radius 1 is 1.09 bits per heavy atom. The van der Waals surface area contributed by atoms with Crippen LogP contribution in [-0.2, 0) is 12.0 Å². The molecule has 0 atom stereocenters. The Bertz CT molecular complexity index is 580. The molecule has 122 valence electrons. The molecule has 1 fully saturated rings. The number of quaternary nitrogens is 1. The van der Waals surface area contributed by atoms with Crippen LogP contribution in [0.15, 0.2) is 12.1 Å². The van der Waals surface area contributed by atoms with Crippen molar-refractivity contribution in [3.05, 3.63) is 26.8 Å². The molecule has 1 spiro atoms. The molecule has 0 saturated heterocycles. The summed E-state index contributed by atoms with van der Waals surface area (Å²) < 4.78 is 8.98. The molecular weight excluding hydrogens is 385 g/mol. The second-order valence-electron chi connectivity index (χ2n) is 8.65. The molecule has 1 aromatic rings. The number of rotatable bonds is 0. The van der Waals surface area contributed by atoms with Crippen LogP contribution in [0.4, 0.5) is 0 Å². The lowest BCUT2D eigenvalue weighted by molar-refractivity contribution is -0.980. The third kappa shape index (κ3) is 2.68. The summed E-state index contributed by atoms with van der Waals surface area (Å²) in [7, 11) is 4.70. The van der Waals surface area contributed by atoms with E-state index in [1.54, 1.807) is 0 Å². The normalized spacial score (nSPS) is 23.0. The van der Waals surface area contributed by atoms with E-state index in [2.05, 4.69) is 69.6 Å². The summed E-state index contributed by atoms with van der Waals surface area (Å²) in [5.74, 6) is 1.16. The van der Waals surface area contributed by atoms with Gasteiger partial charge in [-0.15, -0.1) is 0 Å². The molecule has 2 nitrogen and oxygen atoms in total. The smallest absolute Gasteiger partial charge is 0.243 e. The number of benzene rings is 1. The summed E-state index contributed by atoms with van der Waals surface area (Å²) >= 11 is 2.47. The van der Waals surface area contributed by atoms with Crippen LogP contribution in [-0.4, -0.2) is 24.3 Å². The van der Waals surface area contributed by atoms with Crippen molar-refractivity contribution < 1.29 is 9.22 Å². The first-order chi connectivity index (χ1) is 10.1. The van der Waals surface area contributed by atoms with Crippen molar-refractivity contribution >= 4 is 22.6 Å². The predicted molar refractivity (Wildman–Crippen MR) is 100 cm³/mol. The molecule has 22 heavy (non-hydrogen) atoms. The maximum Gasteiger partial charge on any atom is 0.243 e. The highest BCUT2D eigenvalue weighted by Gasteiger charge is 2.52. The van der Waals surface area contributed by atoms with Crippen LogP contribution in [0.5, 0.6) is 5.75 Å². The van der Waals surface area contributed by atoms with Gasteiger partial charge in [0.25, 0.3) is 0 Å². The molecule has 0 aromatic heterocycles. The average Bonchev–Trinajstić information content (AvgIpc) is 2.41. The van der Waals surface area contributed by atoms with Crippen molar-refractivity contribution in [2.75, 3.05) is 14.1 Å². The number of ether oxygens (including phenoxy) is 1. The number of hydrogen-bond acceptors (Lipinski definition) is 1. The van der Waals surface area contributed by atoms with Gasteiger partial charge in [-0.2, -0.15) is 0 Å². The zero-order valence-electron chi connectivity index (χ0n) is 14.6. The molecule has 1 aromatic carbocycles. The molecule has 1 aliphatic carbocycles. The first-order valence-corrected chi connectivity index (χ1v) is 9.58. The highest BCUT2D eigenvalue weighted by Crippen LogP contribution is 2.47. The highest BCUT2D eigenvalue weighted by atomic mass is 127. The van der Waals surface area contributed by atoms with Gasteiger partial charge in [0, 0.05) is 12.8 Å². The quantitative estimate of drug-likeness (QED) is 0.418. The van der Waals surface area contributed by atoms with Crippen LogP contribution in [0.3, 0.4) is 0 Å². The number of halogens is 1. The minimum atomic E-state index is -0.00553. The number of hydrogen-bond donors (Lipinski definition) is 0. The van der Waals surface area contributed by atoms with Crippen LogP contribution < -0.4 is 4.74 Å². The molecule has 3 heteroatoms. The summed E-state index contributed by atoms with van der Waals surface area (Å²) in [4.78, 5) is 0. The van der Waals surface area contributed by atoms with Crippen molar-refractivity contribution in [3.8, 4) is 5.75 Å². The Balaban J connectivity index is 2.06. The lowest BCUT2D eigenvalue weighted by Gasteiger charge is -2.53. The van der Waals surface area contributed by atoms with Crippen LogP contribution >= 0.6 is 22.6 Å². The largest absolute Gasteiger partial charge is 0.439 e. The predicted octanol–water partition coefficient (Wildman–Crippen LogP) is 5.22. The zero-order valence-corrected chi connectivity index (χ0v) is 16.8. The SMILES string of the molecule is CC(C)(C)c1cc(I)c2c(c1)C[N+](C)(C)C1(CCCCC1)O2. The van der Waals surface area contributed by atoms with Crippen LogP contribution in [0, 0.1) is 3.57 Å². The van der Waals surface area contributed by atoms with E-state index in [1.807, 2.05) is 0 Å². The summed E-state index contributed by atoms with van der Waals surface area (Å²) in [5.41, 5.74) is 2.98. The Labute approximate surface area is 149 Å². The molecule has 1 saturated carbocycles. The molecule has 3 rings (SSSR count). The fourth-order valence-electron chi connectivity index (χ4n) is 4.01. The monoisotopic (exact) mass is 414 g/mol. The van der Waals surface area contributed by atoms with Crippen LogP contribution in [0.1, 0.15) is 64.0 Å². The molecule has 0 unspecified atom stereocenters. The van der Waals surface area contributed by atoms with E-state index in [4.69, 9.17) is 4.74 Å². The molecular formula is C19H29INO+. The molecule has 2 aliphatic rings. The fourth-order valence-corrected chi connectivity index (χ4v) is 4.80. The van der Waals surface area contributed by atoms with E-state index in [1.165, 1.54) is 46.8 Å². The summed E-state index contributed by atoms with van der Waals surface area (Å²) in [6, 6.07) is 4.70. The Kier molecular flexibility index (Phi) is 4.04. The van der Waals surface area contributed by atoms with E-state index in [0.717, 1.165) is 16.8 Å². The summed E-state index contributed by atoms with van der Waals surface area (Å²) in [5, 5.41) is 0. The zero-order chi connectivity index (χ0) is 16.2. The van der Waals surface area contributed by atoms with E-state index < -0.39 is 0 Å². The molecule has 0 N–H and O–H groups in total. The van der Waals surface area contributed by atoms with Gasteiger partial charge in [0.15, 0.2) is 0 Å². The second kappa shape index (κ2) is 5.37. The topological polar surface area (TPSA) is 9.23 Å². The van der Waals surface area contributed by atoms with Gasteiger partial charge >= 0.3 is 0 Å². The standard InChI is InChI=1S/C19H29INO/c1-18(2,3)15-11-14-13-21(4,5)19(9-7-6-8-10-19)22-17(14)16(20)12-15/h11-12H,6-10,13H2,1-5H3/q+1. The van der Waals surface area contributed by atoms with Gasteiger partial charge in [0.05, 0.1) is 23.2 Å². The number of nitrogens with zero attached hydrogens (tertiary/aromatic N) is 1. The van der Waals surface area contributed by atoms with Gasteiger partial charge < -0.3 is 4.74 Å². The molecule has 0 radical (unpaired) electrons. The minimum Gasteiger partial charge on any atom is -0.439 e. The molecule has 1 heterocycles. The fraction of sp³-hybridized carbons (Fsp3) is 0.684. The average molecular weight is 414 g/mol. The van der Waals surface area contributed by atoms with Crippen molar-refractivity contribution in [1.82, 2.24) is 0 Å². The van der Waals surface area contributed by atoms with Gasteiger partial charge in [-0.1, -0.05) is 27.2 Å². The van der Waals surface area contributed by atoms with E-state index >= 15 is 0 Å². The second-order valence-corrected chi connectivity index (χ2v) is 9.81. The third-order valence-corrected chi connectivity index (χ3v) is 6.38. The Morgan fingerprint density at radius 3 is 2.32 bits per heavy atom. The lowest BCUT2D eigenvalue weighted by Crippen LogP contribution is -2.65. The van der Waals surface area contributed by atoms with Crippen molar-refractivity contribution in [2.45, 2.75) is 70.6 Å². The van der Waals surface area contributed by atoms with Crippen molar-refractivity contribution in [2.24, 2.45) is 0 Å². The van der Waals surface area contributed by atoms with Gasteiger partial charge in [-0.25, -0.2) is 0 Å². The van der Waals surface area contributed by atoms with Crippen molar-refractivity contribution in [1.29, 1.82) is 0 Å². The third-order valence-electron chi connectivity index (χ3n) is 5.58. The van der Waals surface area contributed by atoms with E-state index in [0.29, 0.717) is 0 Å². The van der Waals surface area contributed by atoms with E-state index in [9.17, 15) is 0 Å². The van der Waals surface area contributed by atoms with Gasteiger partial charge in [0.1, 0.15) is 12.3 Å². The summed E-state index contributed by atoms with van der Waals surface area (Å²) in [6.45, 7) is 7.95. The van der Waals surface area contributed by atoms with Crippen molar-refractivity contribution in [3.63, 3.8) is 0 Å². The number of fused-ring (bicyclic) bond motifs is 1. The molecule has 0 amide bonds. The van der Waals surface area contributed by atoms with Gasteiger partial charge in [-0.3, -0.25) is 4.48 Å². The maximum absolute atomic E-state index is 6.74. The minimum absolute atomic E-state index is 0.00553. The Hall–Kier alpha value is -0.290. The first kappa shape index (κ1) is 16.6. The Morgan fingerprint density at radius 2 is 1.73 bits per heavy atom. The van der Waals surface area contributed by atoms with Gasteiger partial charge in [-0.05, 0) is 58.5 Å². The first-order valence-electron chi connectivity index (χ1n) is 8.50. The summed E-state index contributed by atoms with van der Waals surface area (Å²) in [6.07, 6.45) is 6.34. The maximum atomic E-state index is 6.74. The van der Waals surface area contributed by atoms with Crippen LogP contribution in [0.2, 0.25) is 0 Å². The lowest BCUT2D eigenvalue weighted by atomic mass is 9.84.